The lowest BCUT2D eigenvalue weighted by Crippen LogP contribution is -2.04. The van der Waals surface area contributed by atoms with Crippen LogP contribution in [0.1, 0.15) is 114 Å². The van der Waals surface area contributed by atoms with Crippen molar-refractivity contribution in [1.82, 2.24) is 0 Å². The highest BCUT2D eigenvalue weighted by atomic mass is 28.2. The van der Waals surface area contributed by atoms with Crippen molar-refractivity contribution in [3.8, 4) is 0 Å². The number of benzene rings is 2. The summed E-state index contributed by atoms with van der Waals surface area (Å²) in [5.41, 5.74) is 2.50. The molecule has 2 radical (unpaired) electrons. The van der Waals surface area contributed by atoms with Gasteiger partial charge in [-0.1, -0.05) is 164 Å². The molecular formula is C31H46OSi. The third-order valence-electron chi connectivity index (χ3n) is 6.23. The third kappa shape index (κ3) is 14.3. The molecule has 0 atom stereocenters. The van der Waals surface area contributed by atoms with Gasteiger partial charge in [-0.05, 0) is 22.7 Å². The Hall–Kier alpha value is -1.64. The van der Waals surface area contributed by atoms with Gasteiger partial charge in [-0.3, -0.25) is 0 Å². The Bertz CT molecular complexity index is 710. The van der Waals surface area contributed by atoms with Crippen LogP contribution in [-0.2, 0) is 4.43 Å². The topological polar surface area (TPSA) is 9.23 Å². The second-order valence-corrected chi connectivity index (χ2v) is 10.3. The summed E-state index contributed by atoms with van der Waals surface area (Å²) >= 11 is 0. The normalized spacial score (nSPS) is 11.7. The van der Waals surface area contributed by atoms with E-state index in [1.807, 2.05) is 0 Å². The molecule has 0 saturated heterocycles. The summed E-state index contributed by atoms with van der Waals surface area (Å²) in [5, 5.41) is 1.28. The van der Waals surface area contributed by atoms with E-state index in [4.69, 9.17) is 4.43 Å². The quantitative estimate of drug-likeness (QED) is 0.108. The van der Waals surface area contributed by atoms with Crippen LogP contribution in [0.2, 0.25) is 0 Å². The summed E-state index contributed by atoms with van der Waals surface area (Å²) < 4.78 is 6.10. The smallest absolute Gasteiger partial charge is 0.269 e. The van der Waals surface area contributed by atoms with Crippen LogP contribution in [-0.4, -0.2) is 16.4 Å². The van der Waals surface area contributed by atoms with Gasteiger partial charge >= 0.3 is 0 Å². The average Bonchev–Trinajstić information content (AvgIpc) is 2.86. The summed E-state index contributed by atoms with van der Waals surface area (Å²) in [6, 6.07) is 21.2. The fourth-order valence-corrected chi connectivity index (χ4v) is 5.09. The lowest BCUT2D eigenvalue weighted by Gasteiger charge is -2.08. The van der Waals surface area contributed by atoms with Crippen LogP contribution in [0.4, 0.5) is 0 Å². The highest BCUT2D eigenvalue weighted by molar-refractivity contribution is 6.57. The largest absolute Gasteiger partial charge is 0.411 e. The number of rotatable bonds is 20. The number of hydrogen-bond donors (Lipinski definition) is 0. The average molecular weight is 463 g/mol. The summed E-state index contributed by atoms with van der Waals surface area (Å²) in [6.45, 7) is 3.16. The first kappa shape index (κ1) is 27.6. The van der Waals surface area contributed by atoms with Crippen LogP contribution in [0.3, 0.4) is 0 Å². The molecule has 0 bridgehead atoms. The first-order valence-electron chi connectivity index (χ1n) is 13.6. The second kappa shape index (κ2) is 19.8. The molecule has 0 spiro atoms. The van der Waals surface area contributed by atoms with Gasteiger partial charge < -0.3 is 4.43 Å². The molecule has 33 heavy (non-hydrogen) atoms. The minimum atomic E-state index is 0.398. The summed E-state index contributed by atoms with van der Waals surface area (Å²) in [5.74, 6) is 0. The molecule has 0 aromatic heterocycles. The van der Waals surface area contributed by atoms with Gasteiger partial charge in [-0.2, -0.15) is 0 Å². The Morgan fingerprint density at radius 1 is 0.606 bits per heavy atom. The van der Waals surface area contributed by atoms with Crippen molar-refractivity contribution in [3.63, 3.8) is 0 Å². The van der Waals surface area contributed by atoms with Gasteiger partial charge in [0.05, 0.1) is 0 Å². The van der Waals surface area contributed by atoms with Crippen LogP contribution in [0, 0.1) is 0 Å². The molecule has 0 fully saturated rings. The maximum Gasteiger partial charge on any atom is 0.269 e. The first-order valence-corrected chi connectivity index (χ1v) is 14.5. The van der Waals surface area contributed by atoms with Crippen molar-refractivity contribution in [2.45, 2.75) is 103 Å². The van der Waals surface area contributed by atoms with E-state index in [9.17, 15) is 0 Å². The van der Waals surface area contributed by atoms with Gasteiger partial charge in [0.25, 0.3) is 9.76 Å². The molecule has 2 heteroatoms. The lowest BCUT2D eigenvalue weighted by molar-refractivity contribution is 0.326. The minimum Gasteiger partial charge on any atom is -0.411 e. The van der Waals surface area contributed by atoms with Gasteiger partial charge in [0.1, 0.15) is 0 Å². The van der Waals surface area contributed by atoms with Crippen LogP contribution >= 0.6 is 0 Å². The summed E-state index contributed by atoms with van der Waals surface area (Å²) in [6.07, 6.45) is 23.3. The zero-order valence-corrected chi connectivity index (χ0v) is 22.1. The fraction of sp³-hybridized carbons (Fsp3) is 0.548. The highest BCUT2D eigenvalue weighted by Crippen LogP contribution is 2.18. The third-order valence-corrected chi connectivity index (χ3v) is 7.23. The van der Waals surface area contributed by atoms with E-state index < -0.39 is 0 Å². The van der Waals surface area contributed by atoms with E-state index in [0.717, 1.165) is 6.61 Å². The van der Waals surface area contributed by atoms with Crippen molar-refractivity contribution in [2.24, 2.45) is 0 Å². The summed E-state index contributed by atoms with van der Waals surface area (Å²) in [7, 11) is 0.398. The van der Waals surface area contributed by atoms with Gasteiger partial charge in [0.15, 0.2) is 0 Å². The molecule has 0 amide bonds. The van der Waals surface area contributed by atoms with E-state index in [1.165, 1.54) is 113 Å². The fourth-order valence-electron chi connectivity index (χ4n) is 4.18. The SMILES string of the molecule is CCCCCCCCCCCCCCCCCO[Si]/C(=C\c1ccccc1)c1ccccc1. The molecule has 0 aliphatic rings. The lowest BCUT2D eigenvalue weighted by atomic mass is 10.0. The van der Waals surface area contributed by atoms with E-state index >= 15 is 0 Å². The van der Waals surface area contributed by atoms with Crippen molar-refractivity contribution >= 4 is 21.0 Å². The number of unbranched alkanes of at least 4 members (excludes halogenated alkanes) is 14. The van der Waals surface area contributed by atoms with Gasteiger partial charge in [0, 0.05) is 6.61 Å². The highest BCUT2D eigenvalue weighted by Gasteiger charge is 2.05. The Morgan fingerprint density at radius 2 is 1.06 bits per heavy atom. The molecule has 2 aromatic rings. The zero-order valence-electron chi connectivity index (χ0n) is 21.1. The molecule has 0 saturated carbocycles. The van der Waals surface area contributed by atoms with Crippen molar-refractivity contribution in [1.29, 1.82) is 0 Å². The maximum atomic E-state index is 6.10. The van der Waals surface area contributed by atoms with E-state index in [-0.39, 0.29) is 0 Å². The van der Waals surface area contributed by atoms with E-state index in [2.05, 4.69) is 73.7 Å². The van der Waals surface area contributed by atoms with Crippen LogP contribution in [0.25, 0.3) is 11.3 Å². The Kier molecular flexibility index (Phi) is 16.6. The Morgan fingerprint density at radius 3 is 1.58 bits per heavy atom. The second-order valence-electron chi connectivity index (χ2n) is 9.23. The molecule has 2 rings (SSSR count). The predicted molar refractivity (Wildman–Crippen MR) is 147 cm³/mol. The Balaban J connectivity index is 1.47. The molecule has 1 nitrogen and oxygen atoms in total. The molecule has 0 aliphatic carbocycles. The summed E-state index contributed by atoms with van der Waals surface area (Å²) in [4.78, 5) is 0. The molecular weight excluding hydrogens is 416 g/mol. The first-order chi connectivity index (χ1) is 16.4. The van der Waals surface area contributed by atoms with E-state index in [1.54, 1.807) is 0 Å². The standard InChI is InChI=1S/C31H46OSi/c1-2-3-4-5-6-7-8-9-10-11-12-13-14-15-22-27-32-33-31(30-25-20-17-21-26-30)28-29-23-18-16-19-24-29/h16-21,23-26,28H,2-15,22,27H2,1H3/b31-28-. The molecule has 0 unspecified atom stereocenters. The molecule has 180 valence electrons. The van der Waals surface area contributed by atoms with Crippen molar-refractivity contribution in [3.05, 3.63) is 71.8 Å². The maximum absolute atomic E-state index is 6.10. The van der Waals surface area contributed by atoms with Gasteiger partial charge in [-0.15, -0.1) is 0 Å². The molecule has 2 aromatic carbocycles. The Labute approximate surface area is 207 Å². The zero-order chi connectivity index (χ0) is 23.2. The van der Waals surface area contributed by atoms with Crippen LogP contribution in [0.15, 0.2) is 60.7 Å². The molecule has 0 aliphatic heterocycles. The van der Waals surface area contributed by atoms with Crippen LogP contribution < -0.4 is 0 Å². The van der Waals surface area contributed by atoms with Crippen LogP contribution in [0.5, 0.6) is 0 Å². The van der Waals surface area contributed by atoms with Crippen molar-refractivity contribution in [2.75, 3.05) is 6.61 Å². The number of hydrogen-bond acceptors (Lipinski definition) is 1. The monoisotopic (exact) mass is 462 g/mol. The molecule has 0 heterocycles. The molecule has 0 N–H and O–H groups in total. The van der Waals surface area contributed by atoms with E-state index in [0.29, 0.717) is 9.76 Å². The minimum absolute atomic E-state index is 0.398. The van der Waals surface area contributed by atoms with Gasteiger partial charge in [0.2, 0.25) is 0 Å². The predicted octanol–water partition coefficient (Wildman–Crippen LogP) is 9.69. The van der Waals surface area contributed by atoms with Crippen molar-refractivity contribution < 1.29 is 4.43 Å². The van der Waals surface area contributed by atoms with Gasteiger partial charge in [-0.25, -0.2) is 0 Å².